The molecule has 0 fully saturated rings. The summed E-state index contributed by atoms with van der Waals surface area (Å²) >= 11 is 0.412. The molecule has 0 atom stereocenters. The number of rotatable bonds is 8. The number of ether oxygens (including phenoxy) is 2. The van der Waals surface area contributed by atoms with Gasteiger partial charge in [-0.25, -0.2) is 0 Å². The Balaban J connectivity index is 2.22. The summed E-state index contributed by atoms with van der Waals surface area (Å²) in [5.41, 5.74) is 0.765. The molecular formula is C20H18F2N2O3S. The fraction of sp³-hybridized carbons (Fsp3) is 0.200. The van der Waals surface area contributed by atoms with Gasteiger partial charge >= 0.3 is 0 Å². The maximum absolute atomic E-state index is 12.4. The van der Waals surface area contributed by atoms with E-state index in [1.54, 1.807) is 18.2 Å². The predicted octanol–water partition coefficient (Wildman–Crippen LogP) is 4.95. The van der Waals surface area contributed by atoms with Crippen LogP contribution in [0.5, 0.6) is 11.5 Å². The first kappa shape index (κ1) is 21.3. The van der Waals surface area contributed by atoms with Crippen LogP contribution in [0.2, 0.25) is 0 Å². The van der Waals surface area contributed by atoms with Gasteiger partial charge in [0.2, 0.25) is 0 Å². The van der Waals surface area contributed by atoms with Crippen LogP contribution < -0.4 is 14.8 Å². The lowest BCUT2D eigenvalue weighted by molar-refractivity contribution is -0.112. The summed E-state index contributed by atoms with van der Waals surface area (Å²) in [7, 11) is 1.47. The number of nitrogens with zero attached hydrogens (tertiary/aromatic N) is 1. The predicted molar refractivity (Wildman–Crippen MR) is 105 cm³/mol. The topological polar surface area (TPSA) is 71.3 Å². The highest BCUT2D eigenvalue weighted by atomic mass is 32.2. The number of nitrogens with one attached hydrogen (secondary N) is 1. The normalized spacial score (nSPS) is 11.1. The fourth-order valence-corrected chi connectivity index (χ4v) is 2.86. The second kappa shape index (κ2) is 10.3. The van der Waals surface area contributed by atoms with E-state index in [1.807, 2.05) is 13.0 Å². The van der Waals surface area contributed by atoms with Gasteiger partial charge in [-0.2, -0.15) is 14.0 Å². The molecule has 2 rings (SSSR count). The van der Waals surface area contributed by atoms with E-state index in [2.05, 4.69) is 5.32 Å². The van der Waals surface area contributed by atoms with Crippen molar-refractivity contribution in [1.29, 1.82) is 5.26 Å². The number of anilines is 1. The molecular weight excluding hydrogens is 386 g/mol. The average molecular weight is 404 g/mol. The molecule has 146 valence electrons. The Kier molecular flexibility index (Phi) is 7.84. The second-order valence-electron chi connectivity index (χ2n) is 5.34. The summed E-state index contributed by atoms with van der Waals surface area (Å²) in [4.78, 5) is 12.8. The molecule has 0 saturated heterocycles. The number of carbonyl (C=O) groups is 1. The van der Waals surface area contributed by atoms with E-state index in [9.17, 15) is 18.8 Å². The summed E-state index contributed by atoms with van der Waals surface area (Å²) in [6, 6.07) is 12.9. The Bertz CT molecular complexity index is 893. The number of methoxy groups -OCH3 is 1. The molecule has 2 aromatic rings. The molecule has 0 spiro atoms. The van der Waals surface area contributed by atoms with Gasteiger partial charge in [-0.05, 0) is 43.3 Å². The lowest BCUT2D eigenvalue weighted by Crippen LogP contribution is -2.13. The first-order valence-electron chi connectivity index (χ1n) is 8.26. The van der Waals surface area contributed by atoms with Gasteiger partial charge in [0.25, 0.3) is 11.7 Å². The van der Waals surface area contributed by atoms with Crippen LogP contribution in [-0.4, -0.2) is 25.4 Å². The monoisotopic (exact) mass is 404 g/mol. The van der Waals surface area contributed by atoms with Crippen LogP contribution in [0.1, 0.15) is 12.5 Å². The lowest BCUT2D eigenvalue weighted by Gasteiger charge is -2.12. The van der Waals surface area contributed by atoms with Crippen molar-refractivity contribution < 1.29 is 23.0 Å². The molecule has 0 aromatic heterocycles. The standard InChI is InChI=1S/C20H18F2N2O3S/c1-3-27-17-6-4-5-13(18(17)26-2)11-14(12-23)19(25)24-15-7-9-16(10-8-15)28-20(21)22/h4-11,20H,3H2,1-2H3,(H,24,25)/b14-11+. The third-order valence-electron chi connectivity index (χ3n) is 3.52. The quantitative estimate of drug-likeness (QED) is 0.383. The number of nitriles is 1. The molecule has 1 N–H and O–H groups in total. The van der Waals surface area contributed by atoms with Gasteiger partial charge in [0, 0.05) is 16.1 Å². The van der Waals surface area contributed by atoms with E-state index in [4.69, 9.17) is 9.47 Å². The lowest BCUT2D eigenvalue weighted by atomic mass is 10.1. The SMILES string of the molecule is CCOc1cccc(/C=C(\C#N)C(=O)Nc2ccc(SC(F)F)cc2)c1OC. The number of thioether (sulfide) groups is 1. The Morgan fingerprint density at radius 2 is 2.00 bits per heavy atom. The van der Waals surface area contributed by atoms with Crippen molar-refractivity contribution in [1.82, 2.24) is 0 Å². The van der Waals surface area contributed by atoms with E-state index in [1.165, 1.54) is 37.5 Å². The van der Waals surface area contributed by atoms with Crippen LogP contribution in [0, 0.1) is 11.3 Å². The van der Waals surface area contributed by atoms with Crippen molar-refractivity contribution in [3.63, 3.8) is 0 Å². The van der Waals surface area contributed by atoms with E-state index < -0.39 is 11.7 Å². The Hall–Kier alpha value is -3.05. The minimum absolute atomic E-state index is 0.141. The second-order valence-corrected chi connectivity index (χ2v) is 6.40. The van der Waals surface area contributed by atoms with Crippen molar-refractivity contribution in [2.45, 2.75) is 17.6 Å². The molecule has 28 heavy (non-hydrogen) atoms. The highest BCUT2D eigenvalue weighted by Gasteiger charge is 2.14. The molecule has 0 aliphatic heterocycles. The highest BCUT2D eigenvalue weighted by Crippen LogP contribution is 2.32. The maximum atomic E-state index is 12.4. The van der Waals surface area contributed by atoms with Crippen LogP contribution in [0.25, 0.3) is 6.08 Å². The van der Waals surface area contributed by atoms with Gasteiger partial charge in [0.05, 0.1) is 13.7 Å². The van der Waals surface area contributed by atoms with Crippen molar-refractivity contribution in [2.24, 2.45) is 0 Å². The molecule has 0 bridgehead atoms. The third kappa shape index (κ3) is 5.72. The van der Waals surface area contributed by atoms with Gasteiger partial charge in [-0.1, -0.05) is 23.9 Å². The maximum Gasteiger partial charge on any atom is 0.288 e. The summed E-state index contributed by atoms with van der Waals surface area (Å²) in [5.74, 6) is -2.22. The zero-order chi connectivity index (χ0) is 20.5. The van der Waals surface area contributed by atoms with E-state index in [-0.39, 0.29) is 5.57 Å². The number of amides is 1. The molecule has 0 heterocycles. The van der Waals surface area contributed by atoms with Crippen molar-refractivity contribution in [2.75, 3.05) is 19.0 Å². The summed E-state index contributed by atoms with van der Waals surface area (Å²) in [6.07, 6.45) is 1.40. The highest BCUT2D eigenvalue weighted by molar-refractivity contribution is 7.99. The van der Waals surface area contributed by atoms with Crippen LogP contribution >= 0.6 is 11.8 Å². The molecule has 0 unspecified atom stereocenters. The number of benzene rings is 2. The van der Waals surface area contributed by atoms with Crippen molar-refractivity contribution >= 4 is 29.4 Å². The minimum Gasteiger partial charge on any atom is -0.492 e. The zero-order valence-electron chi connectivity index (χ0n) is 15.2. The first-order chi connectivity index (χ1) is 13.5. The van der Waals surface area contributed by atoms with Gasteiger partial charge < -0.3 is 14.8 Å². The number of carbonyl (C=O) groups excluding carboxylic acids is 1. The van der Waals surface area contributed by atoms with Gasteiger partial charge in [0.15, 0.2) is 11.5 Å². The Labute approximate surface area is 166 Å². The summed E-state index contributed by atoms with van der Waals surface area (Å²) < 4.78 is 35.5. The summed E-state index contributed by atoms with van der Waals surface area (Å²) in [6.45, 7) is 2.27. The van der Waals surface area contributed by atoms with Crippen molar-refractivity contribution in [3.05, 3.63) is 53.6 Å². The van der Waals surface area contributed by atoms with Crippen LogP contribution in [0.4, 0.5) is 14.5 Å². The zero-order valence-corrected chi connectivity index (χ0v) is 16.1. The Morgan fingerprint density at radius 1 is 1.29 bits per heavy atom. The molecule has 1 amide bonds. The van der Waals surface area contributed by atoms with Gasteiger partial charge in [0.1, 0.15) is 11.6 Å². The molecule has 0 saturated carbocycles. The molecule has 8 heteroatoms. The Morgan fingerprint density at radius 3 is 2.57 bits per heavy atom. The van der Waals surface area contributed by atoms with Crippen LogP contribution in [0.3, 0.4) is 0 Å². The van der Waals surface area contributed by atoms with E-state index in [0.717, 1.165) is 0 Å². The first-order valence-corrected chi connectivity index (χ1v) is 9.14. The molecule has 0 aliphatic rings. The largest absolute Gasteiger partial charge is 0.492 e. The van der Waals surface area contributed by atoms with Crippen LogP contribution in [0.15, 0.2) is 52.9 Å². The van der Waals surface area contributed by atoms with E-state index >= 15 is 0 Å². The van der Waals surface area contributed by atoms with Gasteiger partial charge in [-0.3, -0.25) is 4.79 Å². The van der Waals surface area contributed by atoms with Gasteiger partial charge in [-0.15, -0.1) is 0 Å². The average Bonchev–Trinajstić information content (AvgIpc) is 2.67. The number of alkyl halides is 2. The summed E-state index contributed by atoms with van der Waals surface area (Å²) in [5, 5.41) is 11.9. The molecule has 5 nitrogen and oxygen atoms in total. The smallest absolute Gasteiger partial charge is 0.288 e. The van der Waals surface area contributed by atoms with Crippen LogP contribution in [-0.2, 0) is 4.79 Å². The minimum atomic E-state index is -2.52. The number of para-hydroxylation sites is 1. The third-order valence-corrected chi connectivity index (χ3v) is 4.24. The number of hydrogen-bond acceptors (Lipinski definition) is 5. The molecule has 2 aromatic carbocycles. The van der Waals surface area contributed by atoms with Crippen molar-refractivity contribution in [3.8, 4) is 17.6 Å². The fourth-order valence-electron chi connectivity index (χ4n) is 2.36. The van der Waals surface area contributed by atoms with E-state index in [0.29, 0.717) is 46.0 Å². The molecule has 0 radical (unpaired) electrons. The number of hydrogen-bond donors (Lipinski definition) is 1. The number of halogens is 2. The molecule has 0 aliphatic carbocycles.